The first-order chi connectivity index (χ1) is 10.3. The topological polar surface area (TPSA) is 50.4 Å². The minimum absolute atomic E-state index is 0.119. The molecular formula is C16H24N2O2S. The highest BCUT2D eigenvalue weighted by molar-refractivity contribution is 7.10. The maximum Gasteiger partial charge on any atom is 0.222 e. The molecule has 1 aliphatic heterocycles. The van der Waals surface area contributed by atoms with Crippen molar-refractivity contribution in [2.45, 2.75) is 50.7 Å². The first-order valence-corrected chi connectivity index (χ1v) is 8.89. The molecule has 21 heavy (non-hydrogen) atoms. The molecule has 1 aliphatic carbocycles. The molecule has 0 saturated carbocycles. The predicted molar refractivity (Wildman–Crippen MR) is 84.6 cm³/mol. The number of piperidine rings is 1. The Morgan fingerprint density at radius 2 is 2.24 bits per heavy atom. The van der Waals surface area contributed by atoms with Gasteiger partial charge in [-0.25, -0.2) is 0 Å². The van der Waals surface area contributed by atoms with Crippen LogP contribution in [0.15, 0.2) is 11.4 Å². The second kappa shape index (κ2) is 7.38. The summed E-state index contributed by atoms with van der Waals surface area (Å²) in [5.74, 6) is 0.119. The highest BCUT2D eigenvalue weighted by atomic mass is 32.1. The third-order valence-electron chi connectivity index (χ3n) is 4.36. The van der Waals surface area contributed by atoms with Crippen LogP contribution in [0.25, 0.3) is 0 Å². The zero-order chi connectivity index (χ0) is 14.5. The van der Waals surface area contributed by atoms with E-state index in [1.54, 1.807) is 0 Å². The third kappa shape index (κ3) is 4.05. The van der Waals surface area contributed by atoms with Gasteiger partial charge in [-0.1, -0.05) is 0 Å². The number of rotatable bonds is 5. The fourth-order valence-corrected chi connectivity index (χ4v) is 4.17. The third-order valence-corrected chi connectivity index (χ3v) is 5.35. The van der Waals surface area contributed by atoms with Crippen LogP contribution in [-0.4, -0.2) is 31.7 Å². The molecular weight excluding hydrogens is 284 g/mol. The molecule has 5 heteroatoms. The van der Waals surface area contributed by atoms with E-state index < -0.39 is 0 Å². The summed E-state index contributed by atoms with van der Waals surface area (Å²) in [7, 11) is 0. The van der Waals surface area contributed by atoms with Crippen molar-refractivity contribution < 1.29 is 9.53 Å². The van der Waals surface area contributed by atoms with Gasteiger partial charge in [0.25, 0.3) is 0 Å². The molecule has 1 aromatic rings. The number of aryl methyl sites for hydroxylation is 1. The maximum atomic E-state index is 12.1. The van der Waals surface area contributed by atoms with E-state index in [1.165, 1.54) is 16.9 Å². The Morgan fingerprint density at radius 3 is 3.10 bits per heavy atom. The lowest BCUT2D eigenvalue weighted by atomic mass is 9.94. The molecule has 4 nitrogen and oxygen atoms in total. The molecule has 1 atom stereocenters. The van der Waals surface area contributed by atoms with Crippen molar-refractivity contribution in [1.29, 1.82) is 0 Å². The number of amides is 1. The average Bonchev–Trinajstić information content (AvgIpc) is 2.98. The monoisotopic (exact) mass is 308 g/mol. The van der Waals surface area contributed by atoms with Crippen LogP contribution in [0, 0.1) is 0 Å². The van der Waals surface area contributed by atoms with Crippen LogP contribution in [-0.2, 0) is 16.0 Å². The van der Waals surface area contributed by atoms with E-state index in [0.29, 0.717) is 19.1 Å². The highest BCUT2D eigenvalue weighted by Gasteiger charge is 2.22. The molecule has 2 N–H and O–H groups in total. The van der Waals surface area contributed by atoms with Gasteiger partial charge in [0, 0.05) is 11.3 Å². The van der Waals surface area contributed by atoms with Crippen LogP contribution in [0.5, 0.6) is 0 Å². The number of ether oxygens (including phenoxy) is 1. The molecule has 2 aliphatic rings. The molecule has 1 saturated heterocycles. The molecule has 0 spiro atoms. The van der Waals surface area contributed by atoms with Gasteiger partial charge in [0.15, 0.2) is 0 Å². The summed E-state index contributed by atoms with van der Waals surface area (Å²) in [6.07, 6.45) is 6.31. The average molecular weight is 308 g/mol. The van der Waals surface area contributed by atoms with Gasteiger partial charge in [0.2, 0.25) is 5.91 Å². The number of hydrogen-bond acceptors (Lipinski definition) is 4. The zero-order valence-electron chi connectivity index (χ0n) is 12.4. The van der Waals surface area contributed by atoms with Crippen LogP contribution in [0.4, 0.5) is 0 Å². The van der Waals surface area contributed by atoms with Gasteiger partial charge in [-0.15, -0.1) is 11.3 Å². The lowest BCUT2D eigenvalue weighted by Crippen LogP contribution is -2.34. The summed E-state index contributed by atoms with van der Waals surface area (Å²) < 4.78 is 5.80. The smallest absolute Gasteiger partial charge is 0.222 e. The Bertz CT molecular complexity index is 469. The van der Waals surface area contributed by atoms with Crippen molar-refractivity contribution in [3.8, 4) is 0 Å². The fraction of sp³-hybridized carbons (Fsp3) is 0.688. The van der Waals surface area contributed by atoms with Gasteiger partial charge in [-0.3, -0.25) is 4.79 Å². The minimum atomic E-state index is 0.119. The second-order valence-electron chi connectivity index (χ2n) is 5.88. The summed E-state index contributed by atoms with van der Waals surface area (Å²) in [5, 5.41) is 8.63. The summed E-state index contributed by atoms with van der Waals surface area (Å²) in [5.41, 5.74) is 1.33. The van der Waals surface area contributed by atoms with Crippen LogP contribution in [0.1, 0.15) is 48.6 Å². The van der Waals surface area contributed by atoms with E-state index in [-0.39, 0.29) is 11.9 Å². The summed E-state index contributed by atoms with van der Waals surface area (Å²) >= 11 is 1.81. The Labute approximate surface area is 130 Å². The number of carbonyl (C=O) groups is 1. The van der Waals surface area contributed by atoms with Gasteiger partial charge in [0.1, 0.15) is 0 Å². The molecule has 2 heterocycles. The van der Waals surface area contributed by atoms with Crippen LogP contribution in [0.2, 0.25) is 0 Å². The van der Waals surface area contributed by atoms with Crippen molar-refractivity contribution in [2.75, 3.05) is 19.7 Å². The Balaban J connectivity index is 1.40. The van der Waals surface area contributed by atoms with Crippen LogP contribution in [0.3, 0.4) is 0 Å². The SMILES string of the molecule is O=C(CCOC1CCNCC1)NC1CCCc2sccc21. The van der Waals surface area contributed by atoms with E-state index >= 15 is 0 Å². The van der Waals surface area contributed by atoms with Crippen molar-refractivity contribution >= 4 is 17.2 Å². The predicted octanol–water partition coefficient (Wildman–Crippen LogP) is 2.40. The Hall–Kier alpha value is -0.910. The van der Waals surface area contributed by atoms with Crippen LogP contribution >= 0.6 is 11.3 Å². The summed E-state index contributed by atoms with van der Waals surface area (Å²) in [4.78, 5) is 13.5. The van der Waals surface area contributed by atoms with E-state index in [4.69, 9.17) is 4.74 Å². The summed E-state index contributed by atoms with van der Waals surface area (Å²) in [6.45, 7) is 2.60. The van der Waals surface area contributed by atoms with Crippen molar-refractivity contribution in [1.82, 2.24) is 10.6 Å². The van der Waals surface area contributed by atoms with E-state index in [9.17, 15) is 4.79 Å². The summed E-state index contributed by atoms with van der Waals surface area (Å²) in [6, 6.07) is 2.38. The second-order valence-corrected chi connectivity index (χ2v) is 6.88. The molecule has 1 unspecified atom stereocenters. The van der Waals surface area contributed by atoms with E-state index in [2.05, 4.69) is 22.1 Å². The number of carbonyl (C=O) groups excluding carboxylic acids is 1. The molecule has 0 radical (unpaired) electrons. The molecule has 1 amide bonds. The number of thiophene rings is 1. The minimum Gasteiger partial charge on any atom is -0.378 e. The lowest BCUT2D eigenvalue weighted by Gasteiger charge is -2.25. The van der Waals surface area contributed by atoms with Crippen molar-refractivity contribution in [3.05, 3.63) is 21.9 Å². The molecule has 116 valence electrons. The molecule has 1 fully saturated rings. The Kier molecular flexibility index (Phi) is 5.27. The largest absolute Gasteiger partial charge is 0.378 e. The molecule has 0 bridgehead atoms. The first-order valence-electron chi connectivity index (χ1n) is 8.01. The molecule has 1 aromatic heterocycles. The molecule has 3 rings (SSSR count). The zero-order valence-corrected chi connectivity index (χ0v) is 13.2. The number of hydrogen-bond donors (Lipinski definition) is 2. The van der Waals surface area contributed by atoms with E-state index in [0.717, 1.165) is 38.8 Å². The highest BCUT2D eigenvalue weighted by Crippen LogP contribution is 2.33. The van der Waals surface area contributed by atoms with Gasteiger partial charge >= 0.3 is 0 Å². The fourth-order valence-electron chi connectivity index (χ4n) is 3.18. The van der Waals surface area contributed by atoms with Gasteiger partial charge in [-0.2, -0.15) is 0 Å². The van der Waals surface area contributed by atoms with Gasteiger partial charge < -0.3 is 15.4 Å². The van der Waals surface area contributed by atoms with Crippen molar-refractivity contribution in [3.63, 3.8) is 0 Å². The standard InChI is InChI=1S/C16H24N2O2S/c19-16(6-10-20-12-4-8-17-9-5-12)18-14-2-1-3-15-13(14)7-11-21-15/h7,11-12,14,17H,1-6,8-10H2,(H,18,19). The normalized spacial score (nSPS) is 22.8. The quantitative estimate of drug-likeness (QED) is 0.878. The van der Waals surface area contributed by atoms with Gasteiger partial charge in [-0.05, 0) is 62.2 Å². The van der Waals surface area contributed by atoms with Crippen LogP contribution < -0.4 is 10.6 Å². The van der Waals surface area contributed by atoms with E-state index in [1.807, 2.05) is 11.3 Å². The first kappa shape index (κ1) is 15.0. The number of fused-ring (bicyclic) bond motifs is 1. The maximum absolute atomic E-state index is 12.1. The Morgan fingerprint density at radius 1 is 1.38 bits per heavy atom. The van der Waals surface area contributed by atoms with Crippen molar-refractivity contribution in [2.24, 2.45) is 0 Å². The molecule has 0 aromatic carbocycles. The van der Waals surface area contributed by atoms with Gasteiger partial charge in [0.05, 0.1) is 18.8 Å². The number of nitrogens with one attached hydrogen (secondary N) is 2. The lowest BCUT2D eigenvalue weighted by molar-refractivity contribution is -0.123.